The quantitative estimate of drug-likeness (QED) is 0.462. The van der Waals surface area contributed by atoms with Crippen LogP contribution in [0, 0.1) is 0 Å². The highest BCUT2D eigenvalue weighted by Crippen LogP contribution is 2.38. The van der Waals surface area contributed by atoms with Crippen LogP contribution in [0.2, 0.25) is 0 Å². The fraction of sp³-hybridized carbons (Fsp3) is 0.267. The highest BCUT2D eigenvalue weighted by molar-refractivity contribution is 5.84. The SMILES string of the molecule is CC1(C)C/C=C\C=C/CC=C(c2cccc3c2CC/C=C\C=C/C3)c2ccccc21. The van der Waals surface area contributed by atoms with Crippen molar-refractivity contribution >= 4 is 5.57 Å². The summed E-state index contributed by atoms with van der Waals surface area (Å²) in [5, 5.41) is 0. The molecule has 0 bridgehead atoms. The number of rotatable bonds is 1. The fourth-order valence-electron chi connectivity index (χ4n) is 4.62. The van der Waals surface area contributed by atoms with Crippen LogP contribution < -0.4 is 0 Å². The smallest absolute Gasteiger partial charge is 0.00628 e. The third-order valence-corrected chi connectivity index (χ3v) is 6.26. The van der Waals surface area contributed by atoms with Gasteiger partial charge in [-0.25, -0.2) is 0 Å². The van der Waals surface area contributed by atoms with Crippen molar-refractivity contribution in [1.82, 2.24) is 0 Å². The van der Waals surface area contributed by atoms with Crippen LogP contribution in [0.5, 0.6) is 0 Å². The van der Waals surface area contributed by atoms with E-state index in [9.17, 15) is 0 Å². The van der Waals surface area contributed by atoms with E-state index in [1.165, 1.54) is 33.4 Å². The molecule has 2 aromatic rings. The van der Waals surface area contributed by atoms with Crippen LogP contribution in [0.1, 0.15) is 60.9 Å². The van der Waals surface area contributed by atoms with E-state index in [1.54, 1.807) is 0 Å². The molecule has 152 valence electrons. The van der Waals surface area contributed by atoms with E-state index in [2.05, 4.69) is 111 Å². The molecule has 0 heteroatoms. The van der Waals surface area contributed by atoms with Crippen LogP contribution in [0.15, 0.2) is 97.1 Å². The first kappa shape index (κ1) is 20.4. The van der Waals surface area contributed by atoms with Gasteiger partial charge in [0.15, 0.2) is 0 Å². The Labute approximate surface area is 182 Å². The van der Waals surface area contributed by atoms with Gasteiger partial charge in [-0.1, -0.05) is 111 Å². The largest absolute Gasteiger partial charge is 0.0842 e. The molecule has 4 rings (SSSR count). The minimum absolute atomic E-state index is 0.0799. The number of hydrogen-bond donors (Lipinski definition) is 0. The Balaban J connectivity index is 1.92. The molecule has 2 aliphatic carbocycles. The Kier molecular flexibility index (Phi) is 6.33. The van der Waals surface area contributed by atoms with Crippen LogP contribution in [0.25, 0.3) is 5.57 Å². The predicted molar refractivity (Wildman–Crippen MR) is 131 cm³/mol. The van der Waals surface area contributed by atoms with Gasteiger partial charge in [0, 0.05) is 0 Å². The Morgan fingerprint density at radius 3 is 2.43 bits per heavy atom. The zero-order chi connectivity index (χ0) is 20.8. The topological polar surface area (TPSA) is 0 Å². The van der Waals surface area contributed by atoms with Gasteiger partial charge in [0.25, 0.3) is 0 Å². The second-order valence-corrected chi connectivity index (χ2v) is 8.89. The molecule has 0 unspecified atom stereocenters. The molecule has 0 saturated carbocycles. The Hall–Kier alpha value is -2.86. The van der Waals surface area contributed by atoms with Gasteiger partial charge in [0.05, 0.1) is 0 Å². The van der Waals surface area contributed by atoms with Crippen molar-refractivity contribution in [2.45, 2.75) is 51.4 Å². The molecule has 2 aliphatic rings. The third kappa shape index (κ3) is 4.49. The van der Waals surface area contributed by atoms with Crippen molar-refractivity contribution in [1.29, 1.82) is 0 Å². The molecule has 0 aliphatic heterocycles. The maximum atomic E-state index is 2.43. The maximum absolute atomic E-state index is 2.43. The van der Waals surface area contributed by atoms with E-state index in [4.69, 9.17) is 0 Å². The van der Waals surface area contributed by atoms with Gasteiger partial charge in [-0.05, 0) is 70.9 Å². The predicted octanol–water partition coefficient (Wildman–Crippen LogP) is 7.90. The summed E-state index contributed by atoms with van der Waals surface area (Å²) in [6.07, 6.45) is 25.5. The summed E-state index contributed by atoms with van der Waals surface area (Å²) in [6.45, 7) is 4.73. The van der Waals surface area contributed by atoms with Crippen molar-refractivity contribution in [3.63, 3.8) is 0 Å². The summed E-state index contributed by atoms with van der Waals surface area (Å²) in [5.41, 5.74) is 8.64. The third-order valence-electron chi connectivity index (χ3n) is 6.26. The zero-order valence-corrected chi connectivity index (χ0v) is 18.3. The maximum Gasteiger partial charge on any atom is -0.00628 e. The average Bonchev–Trinajstić information content (AvgIpc) is 2.85. The van der Waals surface area contributed by atoms with E-state index >= 15 is 0 Å². The fourth-order valence-corrected chi connectivity index (χ4v) is 4.62. The first-order valence-electron chi connectivity index (χ1n) is 11.2. The van der Waals surface area contributed by atoms with Crippen molar-refractivity contribution in [2.24, 2.45) is 0 Å². The minimum Gasteiger partial charge on any atom is -0.0842 e. The molecular weight excluding hydrogens is 360 g/mol. The lowest BCUT2D eigenvalue weighted by Gasteiger charge is -2.28. The molecular formula is C30H32. The second-order valence-electron chi connectivity index (χ2n) is 8.89. The highest BCUT2D eigenvalue weighted by atomic mass is 14.3. The van der Waals surface area contributed by atoms with Crippen LogP contribution >= 0.6 is 0 Å². The zero-order valence-electron chi connectivity index (χ0n) is 18.3. The summed E-state index contributed by atoms with van der Waals surface area (Å²) < 4.78 is 0. The van der Waals surface area contributed by atoms with Crippen LogP contribution in [-0.4, -0.2) is 0 Å². The van der Waals surface area contributed by atoms with Gasteiger partial charge in [0.1, 0.15) is 0 Å². The van der Waals surface area contributed by atoms with Gasteiger partial charge < -0.3 is 0 Å². The van der Waals surface area contributed by atoms with Gasteiger partial charge in [-0.2, -0.15) is 0 Å². The lowest BCUT2D eigenvalue weighted by atomic mass is 9.76. The highest BCUT2D eigenvalue weighted by Gasteiger charge is 2.25. The van der Waals surface area contributed by atoms with Gasteiger partial charge in [-0.15, -0.1) is 0 Å². The molecule has 0 spiro atoms. The van der Waals surface area contributed by atoms with Gasteiger partial charge >= 0.3 is 0 Å². The first-order chi connectivity index (χ1) is 14.7. The van der Waals surface area contributed by atoms with Crippen molar-refractivity contribution in [2.75, 3.05) is 0 Å². The van der Waals surface area contributed by atoms with E-state index in [0.717, 1.165) is 32.1 Å². The standard InChI is InChI=1S/C30H32/c1-30(2)23-14-8-4-7-11-19-27(28-20-12-13-22-29(28)30)26-21-15-17-24-16-9-5-3-6-10-18-25(24)26/h3-9,12-15,17,19-22H,10-11,16,18,23H2,1-2H3/b6-3-,7-4-,9-5-,14-8-,27-19?. The summed E-state index contributed by atoms with van der Waals surface area (Å²) in [4.78, 5) is 0. The van der Waals surface area contributed by atoms with Crippen LogP contribution in [-0.2, 0) is 18.3 Å². The second kappa shape index (κ2) is 9.30. The molecule has 0 nitrogen and oxygen atoms in total. The summed E-state index contributed by atoms with van der Waals surface area (Å²) in [7, 11) is 0. The summed E-state index contributed by atoms with van der Waals surface area (Å²) >= 11 is 0. The Morgan fingerprint density at radius 2 is 1.50 bits per heavy atom. The molecule has 0 amide bonds. The first-order valence-corrected chi connectivity index (χ1v) is 11.2. The van der Waals surface area contributed by atoms with Crippen molar-refractivity contribution in [3.05, 3.63) is 125 Å². The average molecular weight is 393 g/mol. The molecule has 0 aromatic heterocycles. The van der Waals surface area contributed by atoms with Gasteiger partial charge in [0.2, 0.25) is 0 Å². The lowest BCUT2D eigenvalue weighted by Crippen LogP contribution is -2.18. The number of allylic oxidation sites excluding steroid dienone is 9. The molecule has 0 saturated heterocycles. The Bertz CT molecular complexity index is 1040. The van der Waals surface area contributed by atoms with Crippen LogP contribution in [0.4, 0.5) is 0 Å². The molecule has 2 aromatic carbocycles. The van der Waals surface area contributed by atoms with Gasteiger partial charge in [-0.3, -0.25) is 0 Å². The molecule has 0 atom stereocenters. The molecule has 0 radical (unpaired) electrons. The van der Waals surface area contributed by atoms with E-state index < -0.39 is 0 Å². The van der Waals surface area contributed by atoms with Crippen molar-refractivity contribution < 1.29 is 0 Å². The number of fused-ring (bicyclic) bond motifs is 2. The summed E-state index contributed by atoms with van der Waals surface area (Å²) in [5.74, 6) is 0. The number of hydrogen-bond acceptors (Lipinski definition) is 0. The molecule has 0 heterocycles. The molecule has 0 N–H and O–H groups in total. The monoisotopic (exact) mass is 392 g/mol. The summed E-state index contributed by atoms with van der Waals surface area (Å²) in [6, 6.07) is 15.9. The number of benzene rings is 2. The molecule has 0 fully saturated rings. The van der Waals surface area contributed by atoms with Crippen molar-refractivity contribution in [3.8, 4) is 0 Å². The lowest BCUT2D eigenvalue weighted by molar-refractivity contribution is 0.533. The van der Waals surface area contributed by atoms with E-state index in [0.29, 0.717) is 0 Å². The molecule has 30 heavy (non-hydrogen) atoms. The minimum atomic E-state index is 0.0799. The van der Waals surface area contributed by atoms with E-state index in [-0.39, 0.29) is 5.41 Å². The van der Waals surface area contributed by atoms with Crippen LogP contribution in [0.3, 0.4) is 0 Å². The normalized spacial score (nSPS) is 22.5. The Morgan fingerprint density at radius 1 is 0.733 bits per heavy atom. The van der Waals surface area contributed by atoms with E-state index in [1.807, 2.05) is 0 Å².